The van der Waals surface area contributed by atoms with E-state index in [1.807, 2.05) is 44.0 Å². The van der Waals surface area contributed by atoms with Gasteiger partial charge in [-0.3, -0.25) is 4.98 Å². The first-order valence-electron chi connectivity index (χ1n) is 8.97. The predicted octanol–water partition coefficient (Wildman–Crippen LogP) is 4.29. The number of likely N-dealkylation sites (tertiary alicyclic amines) is 1. The summed E-state index contributed by atoms with van der Waals surface area (Å²) >= 11 is 0. The van der Waals surface area contributed by atoms with Gasteiger partial charge in [-0.15, -0.1) is 0 Å². The summed E-state index contributed by atoms with van der Waals surface area (Å²) < 4.78 is 5.45. The van der Waals surface area contributed by atoms with Gasteiger partial charge in [-0.1, -0.05) is 6.07 Å². The Bertz CT molecular complexity index is 731. The molecule has 134 valence electrons. The van der Waals surface area contributed by atoms with Crippen molar-refractivity contribution >= 4 is 22.7 Å². The molecule has 1 aliphatic rings. The summed E-state index contributed by atoms with van der Waals surface area (Å²) in [7, 11) is 0. The number of hydrogen-bond donors (Lipinski definition) is 1. The molecule has 1 N–H and O–H groups in total. The van der Waals surface area contributed by atoms with Gasteiger partial charge in [-0.25, -0.2) is 4.79 Å². The largest absolute Gasteiger partial charge is 0.444 e. The molecule has 2 aromatic rings. The number of ether oxygens (including phenoxy) is 1. The van der Waals surface area contributed by atoms with E-state index in [-0.39, 0.29) is 6.09 Å². The number of carbonyl (C=O) groups is 1. The Morgan fingerprint density at radius 1 is 1.28 bits per heavy atom. The summed E-state index contributed by atoms with van der Waals surface area (Å²) in [4.78, 5) is 18.3. The van der Waals surface area contributed by atoms with Crippen LogP contribution >= 0.6 is 0 Å². The SMILES string of the molecule is CC(C)(C)OC(=O)N1CCC(CNc2ccc3ncccc3c2)CC1. The fraction of sp³-hybridized carbons (Fsp3) is 0.500. The van der Waals surface area contributed by atoms with Crippen molar-refractivity contribution in [3.63, 3.8) is 0 Å². The third-order valence-electron chi connectivity index (χ3n) is 4.46. The molecule has 3 rings (SSSR count). The molecule has 1 amide bonds. The van der Waals surface area contributed by atoms with Crippen molar-refractivity contribution in [3.05, 3.63) is 36.5 Å². The zero-order valence-corrected chi connectivity index (χ0v) is 15.3. The Hall–Kier alpha value is -2.30. The van der Waals surface area contributed by atoms with Crippen LogP contribution in [0.1, 0.15) is 33.6 Å². The molecule has 1 aliphatic heterocycles. The molecule has 0 saturated carbocycles. The van der Waals surface area contributed by atoms with Crippen LogP contribution in [0.5, 0.6) is 0 Å². The molecule has 2 heterocycles. The van der Waals surface area contributed by atoms with E-state index in [2.05, 4.69) is 28.5 Å². The average molecular weight is 341 g/mol. The lowest BCUT2D eigenvalue weighted by Crippen LogP contribution is -2.42. The minimum absolute atomic E-state index is 0.194. The van der Waals surface area contributed by atoms with E-state index in [1.54, 1.807) is 0 Å². The number of nitrogens with one attached hydrogen (secondary N) is 1. The molecule has 5 heteroatoms. The number of aromatic nitrogens is 1. The van der Waals surface area contributed by atoms with E-state index in [9.17, 15) is 4.79 Å². The van der Waals surface area contributed by atoms with E-state index in [0.717, 1.165) is 49.1 Å². The fourth-order valence-corrected chi connectivity index (χ4v) is 3.09. The summed E-state index contributed by atoms with van der Waals surface area (Å²) in [6.07, 6.45) is 3.62. The smallest absolute Gasteiger partial charge is 0.410 e. The van der Waals surface area contributed by atoms with Gasteiger partial charge in [0.15, 0.2) is 0 Å². The average Bonchev–Trinajstić information content (AvgIpc) is 2.59. The highest BCUT2D eigenvalue weighted by atomic mass is 16.6. The minimum Gasteiger partial charge on any atom is -0.444 e. The molecule has 5 nitrogen and oxygen atoms in total. The number of pyridine rings is 1. The zero-order chi connectivity index (χ0) is 17.9. The summed E-state index contributed by atoms with van der Waals surface area (Å²) in [6, 6.07) is 10.3. The molecule has 0 spiro atoms. The van der Waals surface area contributed by atoms with Crippen LogP contribution in [-0.2, 0) is 4.74 Å². The van der Waals surface area contributed by atoms with Crippen LogP contribution < -0.4 is 5.32 Å². The number of hydrogen-bond acceptors (Lipinski definition) is 4. The molecule has 0 bridgehead atoms. The third kappa shape index (κ3) is 4.84. The maximum atomic E-state index is 12.1. The van der Waals surface area contributed by atoms with E-state index < -0.39 is 5.60 Å². The summed E-state index contributed by atoms with van der Waals surface area (Å²) in [6.45, 7) is 8.17. The van der Waals surface area contributed by atoms with Gasteiger partial charge in [0.2, 0.25) is 0 Å². The second kappa shape index (κ2) is 7.30. The topological polar surface area (TPSA) is 54.5 Å². The molecule has 0 atom stereocenters. The van der Waals surface area contributed by atoms with Gasteiger partial charge >= 0.3 is 6.09 Å². The number of piperidine rings is 1. The van der Waals surface area contributed by atoms with Crippen LogP contribution in [0, 0.1) is 5.92 Å². The van der Waals surface area contributed by atoms with Crippen molar-refractivity contribution in [1.82, 2.24) is 9.88 Å². The first-order chi connectivity index (χ1) is 11.9. The monoisotopic (exact) mass is 341 g/mol. The molecule has 1 aromatic carbocycles. The van der Waals surface area contributed by atoms with Crippen molar-refractivity contribution in [3.8, 4) is 0 Å². The number of nitrogens with zero attached hydrogens (tertiary/aromatic N) is 2. The Labute approximate surface area is 149 Å². The molecule has 0 aliphatic carbocycles. The van der Waals surface area contributed by atoms with Crippen molar-refractivity contribution in [2.45, 2.75) is 39.2 Å². The van der Waals surface area contributed by atoms with Gasteiger partial charge in [-0.05, 0) is 63.8 Å². The second-order valence-corrected chi connectivity index (χ2v) is 7.70. The lowest BCUT2D eigenvalue weighted by Gasteiger charge is -2.33. The quantitative estimate of drug-likeness (QED) is 0.904. The molecule has 1 fully saturated rings. The van der Waals surface area contributed by atoms with Crippen LogP contribution in [0.15, 0.2) is 36.5 Å². The van der Waals surface area contributed by atoms with Crippen molar-refractivity contribution in [2.24, 2.45) is 5.92 Å². The lowest BCUT2D eigenvalue weighted by atomic mass is 9.97. The van der Waals surface area contributed by atoms with Gasteiger partial charge < -0.3 is 15.0 Å². The summed E-state index contributed by atoms with van der Waals surface area (Å²) in [5.74, 6) is 0.572. The van der Waals surface area contributed by atoms with Gasteiger partial charge in [-0.2, -0.15) is 0 Å². The molecule has 0 unspecified atom stereocenters. The van der Waals surface area contributed by atoms with Gasteiger partial charge in [0.1, 0.15) is 5.60 Å². The van der Waals surface area contributed by atoms with Crippen LogP contribution in [0.2, 0.25) is 0 Å². The second-order valence-electron chi connectivity index (χ2n) is 7.70. The fourth-order valence-electron chi connectivity index (χ4n) is 3.09. The van der Waals surface area contributed by atoms with Crippen LogP contribution in [0.4, 0.5) is 10.5 Å². The Morgan fingerprint density at radius 2 is 2.04 bits per heavy atom. The summed E-state index contributed by atoms with van der Waals surface area (Å²) in [5, 5.41) is 4.67. The number of amides is 1. The highest BCUT2D eigenvalue weighted by molar-refractivity contribution is 5.82. The highest BCUT2D eigenvalue weighted by Gasteiger charge is 2.26. The van der Waals surface area contributed by atoms with Crippen molar-refractivity contribution in [2.75, 3.05) is 25.0 Å². The Balaban J connectivity index is 1.48. The van der Waals surface area contributed by atoms with E-state index >= 15 is 0 Å². The Kier molecular flexibility index (Phi) is 5.11. The molecule has 25 heavy (non-hydrogen) atoms. The normalized spacial score (nSPS) is 16.0. The van der Waals surface area contributed by atoms with E-state index in [0.29, 0.717) is 5.92 Å². The first-order valence-corrected chi connectivity index (χ1v) is 8.97. The molecular weight excluding hydrogens is 314 g/mol. The molecule has 1 aromatic heterocycles. The molecular formula is C20H27N3O2. The number of anilines is 1. The lowest BCUT2D eigenvalue weighted by molar-refractivity contribution is 0.0188. The van der Waals surface area contributed by atoms with Crippen molar-refractivity contribution in [1.29, 1.82) is 0 Å². The van der Waals surface area contributed by atoms with E-state index in [1.165, 1.54) is 0 Å². The van der Waals surface area contributed by atoms with Gasteiger partial charge in [0, 0.05) is 36.9 Å². The number of benzene rings is 1. The summed E-state index contributed by atoms with van der Waals surface area (Å²) in [5.41, 5.74) is 1.70. The maximum absolute atomic E-state index is 12.1. The zero-order valence-electron chi connectivity index (χ0n) is 15.3. The minimum atomic E-state index is -0.430. The molecule has 1 saturated heterocycles. The van der Waals surface area contributed by atoms with Crippen LogP contribution in [0.3, 0.4) is 0 Å². The van der Waals surface area contributed by atoms with Gasteiger partial charge in [0.25, 0.3) is 0 Å². The third-order valence-corrected chi connectivity index (χ3v) is 4.46. The van der Waals surface area contributed by atoms with E-state index in [4.69, 9.17) is 4.74 Å². The first kappa shape index (κ1) is 17.5. The Morgan fingerprint density at radius 3 is 2.76 bits per heavy atom. The van der Waals surface area contributed by atoms with Gasteiger partial charge in [0.05, 0.1) is 5.52 Å². The standard InChI is InChI=1S/C20H27N3O2/c1-20(2,3)25-19(24)23-11-8-15(9-12-23)14-22-17-6-7-18-16(13-17)5-4-10-21-18/h4-7,10,13,15,22H,8-9,11-12,14H2,1-3H3. The van der Waals surface area contributed by atoms with Crippen LogP contribution in [-0.4, -0.2) is 41.2 Å². The molecule has 0 radical (unpaired) electrons. The predicted molar refractivity (Wildman–Crippen MR) is 101 cm³/mol. The number of fused-ring (bicyclic) bond motifs is 1. The maximum Gasteiger partial charge on any atom is 0.410 e. The highest BCUT2D eigenvalue weighted by Crippen LogP contribution is 2.22. The van der Waals surface area contributed by atoms with Crippen molar-refractivity contribution < 1.29 is 9.53 Å². The number of rotatable bonds is 3. The number of carbonyl (C=O) groups excluding carboxylic acids is 1. The van der Waals surface area contributed by atoms with Crippen LogP contribution in [0.25, 0.3) is 10.9 Å².